The van der Waals surface area contributed by atoms with E-state index in [0.717, 1.165) is 46.9 Å². The SMILES string of the molecule is CCN(CC)c1ccc(-c2cc(-c3ccc(OC)cc3)nc(-c3ccccc3O)c2)cc1. The van der Waals surface area contributed by atoms with Gasteiger partial charge in [-0.25, -0.2) is 4.98 Å². The molecule has 0 amide bonds. The second kappa shape index (κ2) is 9.56. The second-order valence-corrected chi connectivity index (χ2v) is 7.59. The van der Waals surface area contributed by atoms with E-state index < -0.39 is 0 Å². The van der Waals surface area contributed by atoms with Gasteiger partial charge in [0.15, 0.2) is 0 Å². The van der Waals surface area contributed by atoms with Gasteiger partial charge in [0.1, 0.15) is 11.5 Å². The van der Waals surface area contributed by atoms with Crippen LogP contribution in [0.4, 0.5) is 5.69 Å². The Morgan fingerprint density at radius 3 is 2.00 bits per heavy atom. The van der Waals surface area contributed by atoms with Crippen LogP contribution in [0.5, 0.6) is 11.5 Å². The largest absolute Gasteiger partial charge is 0.507 e. The molecule has 4 nitrogen and oxygen atoms in total. The van der Waals surface area contributed by atoms with Crippen molar-refractivity contribution in [3.8, 4) is 45.1 Å². The fourth-order valence-corrected chi connectivity index (χ4v) is 3.89. The lowest BCUT2D eigenvalue weighted by molar-refractivity contribution is 0.415. The summed E-state index contributed by atoms with van der Waals surface area (Å²) >= 11 is 0. The van der Waals surface area contributed by atoms with Crippen molar-refractivity contribution in [1.82, 2.24) is 4.98 Å². The van der Waals surface area contributed by atoms with Gasteiger partial charge in [-0.15, -0.1) is 0 Å². The Morgan fingerprint density at radius 1 is 0.750 bits per heavy atom. The average Bonchev–Trinajstić information content (AvgIpc) is 2.85. The number of nitrogens with zero attached hydrogens (tertiary/aromatic N) is 2. The molecular weight excluding hydrogens is 396 g/mol. The summed E-state index contributed by atoms with van der Waals surface area (Å²) in [7, 11) is 1.66. The number of hydrogen-bond acceptors (Lipinski definition) is 4. The molecule has 0 spiro atoms. The average molecular weight is 425 g/mol. The molecule has 0 saturated heterocycles. The molecule has 0 bridgehead atoms. The summed E-state index contributed by atoms with van der Waals surface area (Å²) in [5, 5.41) is 10.4. The summed E-state index contributed by atoms with van der Waals surface area (Å²) in [4.78, 5) is 7.20. The molecule has 0 aliphatic rings. The van der Waals surface area contributed by atoms with Crippen molar-refractivity contribution in [3.63, 3.8) is 0 Å². The Labute approximate surface area is 189 Å². The summed E-state index contributed by atoms with van der Waals surface area (Å²) in [6, 6.07) is 27.9. The van der Waals surface area contributed by atoms with Crippen LogP contribution in [0.1, 0.15) is 13.8 Å². The van der Waals surface area contributed by atoms with Crippen molar-refractivity contribution >= 4 is 5.69 Å². The first-order valence-corrected chi connectivity index (χ1v) is 10.9. The molecule has 4 aromatic rings. The monoisotopic (exact) mass is 424 g/mol. The third-order valence-electron chi connectivity index (χ3n) is 5.72. The van der Waals surface area contributed by atoms with Crippen molar-refractivity contribution in [1.29, 1.82) is 0 Å². The standard InChI is InChI=1S/C28H28N2O2/c1-4-30(5-2)23-14-10-20(11-15-23)22-18-26(21-12-16-24(32-3)17-13-21)29-27(19-22)25-8-6-7-9-28(25)31/h6-19,31H,4-5H2,1-3H3. The smallest absolute Gasteiger partial charge is 0.124 e. The highest BCUT2D eigenvalue weighted by molar-refractivity contribution is 5.79. The highest BCUT2D eigenvalue weighted by Crippen LogP contribution is 2.34. The Bertz CT molecular complexity index is 1180. The van der Waals surface area contributed by atoms with Gasteiger partial charge in [0.2, 0.25) is 0 Å². The molecule has 0 aliphatic carbocycles. The van der Waals surface area contributed by atoms with Gasteiger partial charge >= 0.3 is 0 Å². The van der Waals surface area contributed by atoms with E-state index >= 15 is 0 Å². The van der Waals surface area contributed by atoms with Crippen molar-refractivity contribution in [2.45, 2.75) is 13.8 Å². The van der Waals surface area contributed by atoms with Gasteiger partial charge in [-0.05, 0) is 85.6 Å². The number of anilines is 1. The zero-order valence-electron chi connectivity index (χ0n) is 18.7. The zero-order chi connectivity index (χ0) is 22.5. The third-order valence-corrected chi connectivity index (χ3v) is 5.72. The van der Waals surface area contributed by atoms with E-state index in [9.17, 15) is 5.11 Å². The first-order chi connectivity index (χ1) is 15.6. The second-order valence-electron chi connectivity index (χ2n) is 7.59. The predicted octanol–water partition coefficient (Wildman–Crippen LogP) is 6.64. The number of ether oxygens (including phenoxy) is 1. The highest BCUT2D eigenvalue weighted by atomic mass is 16.5. The van der Waals surface area contributed by atoms with Crippen molar-refractivity contribution in [2.75, 3.05) is 25.1 Å². The summed E-state index contributed by atoms with van der Waals surface area (Å²) in [5.74, 6) is 1.02. The number of aromatic nitrogens is 1. The van der Waals surface area contributed by atoms with E-state index in [1.165, 1.54) is 5.69 Å². The van der Waals surface area contributed by atoms with E-state index in [1.807, 2.05) is 48.5 Å². The topological polar surface area (TPSA) is 45.6 Å². The lowest BCUT2D eigenvalue weighted by Crippen LogP contribution is -2.21. The molecule has 4 heteroatoms. The third kappa shape index (κ3) is 4.45. The molecule has 1 N–H and O–H groups in total. The fourth-order valence-electron chi connectivity index (χ4n) is 3.89. The number of pyridine rings is 1. The van der Waals surface area contributed by atoms with Gasteiger partial charge < -0.3 is 14.7 Å². The summed E-state index contributed by atoms with van der Waals surface area (Å²) < 4.78 is 5.30. The molecular formula is C28H28N2O2. The van der Waals surface area contributed by atoms with Crippen molar-refractivity contribution in [2.24, 2.45) is 0 Å². The minimum atomic E-state index is 0.217. The van der Waals surface area contributed by atoms with Crippen LogP contribution in [0.25, 0.3) is 33.6 Å². The number of phenols is 1. The van der Waals surface area contributed by atoms with Crippen LogP contribution in [0, 0.1) is 0 Å². The van der Waals surface area contributed by atoms with Gasteiger partial charge in [-0.1, -0.05) is 24.3 Å². The van der Waals surface area contributed by atoms with E-state index in [4.69, 9.17) is 9.72 Å². The number of phenolic OH excluding ortho intramolecular Hbond substituents is 1. The summed E-state index contributed by atoms with van der Waals surface area (Å²) in [6.45, 7) is 6.29. The minimum absolute atomic E-state index is 0.217. The predicted molar refractivity (Wildman–Crippen MR) is 132 cm³/mol. The molecule has 3 aromatic carbocycles. The number of benzene rings is 3. The first kappa shape index (κ1) is 21.4. The fraction of sp³-hybridized carbons (Fsp3) is 0.179. The van der Waals surface area contributed by atoms with Gasteiger partial charge in [-0.3, -0.25) is 0 Å². The van der Waals surface area contributed by atoms with Crippen molar-refractivity contribution in [3.05, 3.63) is 84.9 Å². The minimum Gasteiger partial charge on any atom is -0.507 e. The number of aromatic hydroxyl groups is 1. The maximum Gasteiger partial charge on any atom is 0.124 e. The Kier molecular flexibility index (Phi) is 6.41. The molecule has 0 atom stereocenters. The molecule has 1 aromatic heterocycles. The summed E-state index contributed by atoms with van der Waals surface area (Å²) in [5.41, 5.74) is 6.65. The molecule has 0 unspecified atom stereocenters. The highest BCUT2D eigenvalue weighted by Gasteiger charge is 2.12. The lowest BCUT2D eigenvalue weighted by atomic mass is 9.99. The molecule has 32 heavy (non-hydrogen) atoms. The van der Waals surface area contributed by atoms with E-state index in [-0.39, 0.29) is 5.75 Å². The molecule has 0 radical (unpaired) electrons. The quantitative estimate of drug-likeness (QED) is 0.361. The maximum absolute atomic E-state index is 10.4. The van der Waals surface area contributed by atoms with Crippen LogP contribution < -0.4 is 9.64 Å². The van der Waals surface area contributed by atoms with Crippen LogP contribution in [-0.2, 0) is 0 Å². The van der Waals surface area contributed by atoms with Crippen LogP contribution in [-0.4, -0.2) is 30.3 Å². The molecule has 4 rings (SSSR count). The Morgan fingerprint density at radius 2 is 1.38 bits per heavy atom. The zero-order valence-corrected chi connectivity index (χ0v) is 18.7. The number of hydrogen-bond donors (Lipinski definition) is 1. The van der Waals surface area contributed by atoms with Crippen LogP contribution in [0.3, 0.4) is 0 Å². The maximum atomic E-state index is 10.4. The number of methoxy groups -OCH3 is 1. The molecule has 0 aliphatic heterocycles. The van der Waals surface area contributed by atoms with Crippen LogP contribution in [0.15, 0.2) is 84.9 Å². The van der Waals surface area contributed by atoms with Crippen molar-refractivity contribution < 1.29 is 9.84 Å². The van der Waals surface area contributed by atoms with E-state index in [2.05, 4.69) is 49.1 Å². The first-order valence-electron chi connectivity index (χ1n) is 10.9. The van der Waals surface area contributed by atoms with E-state index in [1.54, 1.807) is 13.2 Å². The number of para-hydroxylation sites is 1. The van der Waals surface area contributed by atoms with Crippen LogP contribution >= 0.6 is 0 Å². The van der Waals surface area contributed by atoms with Gasteiger partial charge in [-0.2, -0.15) is 0 Å². The Hall–Kier alpha value is -3.79. The molecule has 0 saturated carbocycles. The molecule has 162 valence electrons. The normalized spacial score (nSPS) is 10.7. The van der Waals surface area contributed by atoms with E-state index in [0.29, 0.717) is 5.56 Å². The molecule has 1 heterocycles. The summed E-state index contributed by atoms with van der Waals surface area (Å²) in [6.07, 6.45) is 0. The van der Waals surface area contributed by atoms with Gasteiger partial charge in [0.05, 0.1) is 18.5 Å². The Balaban J connectivity index is 1.82. The lowest BCUT2D eigenvalue weighted by Gasteiger charge is -2.21. The van der Waals surface area contributed by atoms with Crippen LogP contribution in [0.2, 0.25) is 0 Å². The number of rotatable bonds is 7. The van der Waals surface area contributed by atoms with Gasteiger partial charge in [0, 0.05) is 29.9 Å². The van der Waals surface area contributed by atoms with Gasteiger partial charge in [0.25, 0.3) is 0 Å². The molecule has 0 fully saturated rings.